The van der Waals surface area contributed by atoms with Gasteiger partial charge in [0.05, 0.1) is 0 Å². The summed E-state index contributed by atoms with van der Waals surface area (Å²) in [6, 6.07) is 21.4. The molecule has 2 aliphatic rings. The van der Waals surface area contributed by atoms with Gasteiger partial charge in [-0.15, -0.1) is 0 Å². The Morgan fingerprint density at radius 1 is 0.931 bits per heavy atom. The fourth-order valence-corrected chi connectivity index (χ4v) is 9.37. The maximum absolute atomic E-state index is 12.2. The van der Waals surface area contributed by atoms with Crippen molar-refractivity contribution >= 4 is 102 Å². The van der Waals surface area contributed by atoms with Crippen LogP contribution < -0.4 is 17.4 Å². The molecule has 3 heterocycles. The Morgan fingerprint density at radius 2 is 1.59 bits per heavy atom. The molecule has 2 amide bonds. The Morgan fingerprint density at radius 3 is 2.24 bits per heavy atom. The van der Waals surface area contributed by atoms with E-state index in [1.54, 1.807) is 6.08 Å². The first-order valence-electron chi connectivity index (χ1n) is 8.69. The zero-order valence-electron chi connectivity index (χ0n) is 14.8. The molecule has 5 rings (SSSR count). The molecule has 1 radical (unpaired) electrons. The molecule has 5 nitrogen and oxygen atoms in total. The number of carbonyl (C=O) groups excluding carboxylic acids is 2. The summed E-state index contributed by atoms with van der Waals surface area (Å²) in [6.45, 7) is 0. The molecule has 2 aliphatic heterocycles. The maximum atomic E-state index is 12.2. The van der Waals surface area contributed by atoms with Crippen LogP contribution in [-0.4, -0.2) is 73.9 Å². The van der Waals surface area contributed by atoms with Crippen molar-refractivity contribution in [3.05, 3.63) is 69.8 Å². The van der Waals surface area contributed by atoms with Crippen LogP contribution in [0.1, 0.15) is 3.58 Å². The van der Waals surface area contributed by atoms with E-state index in [9.17, 15) is 9.59 Å². The molecule has 0 spiro atoms. The van der Waals surface area contributed by atoms with E-state index in [2.05, 4.69) is 85.8 Å². The van der Waals surface area contributed by atoms with Gasteiger partial charge in [0.15, 0.2) is 0 Å². The number of fused-ring (bicyclic) bond motifs is 2. The molecule has 1 N–H and O–H groups in total. The van der Waals surface area contributed by atoms with Crippen molar-refractivity contribution < 1.29 is 9.59 Å². The van der Waals surface area contributed by atoms with E-state index in [1.165, 1.54) is 22.3 Å². The third-order valence-electron chi connectivity index (χ3n) is 4.45. The van der Waals surface area contributed by atoms with Gasteiger partial charge >= 0.3 is 197 Å². The first-order chi connectivity index (χ1) is 14.1. The Kier molecular flexibility index (Phi) is 5.26. The van der Waals surface area contributed by atoms with Gasteiger partial charge < -0.3 is 0 Å². The van der Waals surface area contributed by atoms with Gasteiger partial charge in [-0.1, -0.05) is 0 Å². The number of rotatable bonds is 2. The van der Waals surface area contributed by atoms with Crippen molar-refractivity contribution in [3.63, 3.8) is 0 Å². The summed E-state index contributed by atoms with van der Waals surface area (Å²) in [4.78, 5) is 30.5. The van der Waals surface area contributed by atoms with Crippen LogP contribution in [0, 0.1) is 0 Å². The van der Waals surface area contributed by atoms with E-state index in [-0.39, 0.29) is 10.3 Å². The number of aliphatic imine (C=N–C) groups is 1. The number of benzene rings is 2. The molecule has 0 fully saturated rings. The molecule has 0 atom stereocenters. The Balaban J connectivity index is 1.58. The van der Waals surface area contributed by atoms with Crippen molar-refractivity contribution in [2.45, 2.75) is 0 Å². The zero-order chi connectivity index (χ0) is 20.0. The number of amidine groups is 1. The summed E-state index contributed by atoms with van der Waals surface area (Å²) in [6.07, 6.45) is 1.70. The van der Waals surface area contributed by atoms with Gasteiger partial charge in [0.2, 0.25) is 0 Å². The summed E-state index contributed by atoms with van der Waals surface area (Å²) >= 11 is 1.40. The molecule has 3 aromatic rings. The predicted molar refractivity (Wildman–Crippen MR) is 117 cm³/mol. The van der Waals surface area contributed by atoms with Gasteiger partial charge in [0.25, 0.3) is 0 Å². The summed E-state index contributed by atoms with van der Waals surface area (Å²) in [7, 11) is 0. The number of hydrogen-bond donors (Lipinski definition) is 1. The van der Waals surface area contributed by atoms with Crippen molar-refractivity contribution in [1.82, 2.24) is 5.32 Å². The number of nitrogens with one attached hydrogen (secondary N) is 1. The van der Waals surface area contributed by atoms with Gasteiger partial charge in [-0.05, 0) is 0 Å². The van der Waals surface area contributed by atoms with Crippen LogP contribution in [0.3, 0.4) is 0 Å². The summed E-state index contributed by atoms with van der Waals surface area (Å²) in [5.74, 6) is -0.900. The van der Waals surface area contributed by atoms with E-state index < -0.39 is 53.2 Å². The molecule has 2 aromatic carbocycles. The zero-order valence-corrected chi connectivity index (χ0v) is 21.2. The van der Waals surface area contributed by atoms with Crippen LogP contribution in [0.2, 0.25) is 0 Å². The van der Waals surface area contributed by atoms with Gasteiger partial charge in [-0.3, -0.25) is 0 Å². The molecule has 1 aromatic heterocycles. The van der Waals surface area contributed by atoms with Crippen molar-refractivity contribution in [2.24, 2.45) is 4.99 Å². The van der Waals surface area contributed by atoms with Crippen molar-refractivity contribution in [2.75, 3.05) is 4.90 Å². The van der Waals surface area contributed by atoms with Gasteiger partial charge in [-0.25, -0.2) is 0 Å². The third-order valence-corrected chi connectivity index (χ3v) is 11.0. The average Bonchev–Trinajstić information content (AvgIpc) is 3.17. The molecular weight excluding hydrogens is 660 g/mol. The number of carbonyl (C=O) groups is 2. The predicted octanol–water partition coefficient (Wildman–Crippen LogP) is 0.746. The Bertz CT molecular complexity index is 1190. The Labute approximate surface area is 195 Å². The van der Waals surface area contributed by atoms with Gasteiger partial charge in [-0.2, -0.15) is 0 Å². The molecule has 141 valence electrons. The number of nitrogens with zero attached hydrogens (tertiary/aromatic N) is 2. The first-order valence-corrected chi connectivity index (χ1v) is 14.2. The standard InChI is InChI=1S/C21H12N3O2SeTe2/c25-19-13(20(26)23-21(27)22-19)11-12-9-10-18(28-12)24-14-5-1-3-7-16(14)29-17-8-4-2-6-15(17)24/h1-11H,(H,22,23,25,26). The van der Waals surface area contributed by atoms with E-state index in [0.717, 1.165) is 3.58 Å². The minimum absolute atomic E-state index is 0.0985. The van der Waals surface area contributed by atoms with Crippen LogP contribution in [0.4, 0.5) is 15.1 Å². The Hall–Kier alpha value is -1.63. The molecule has 0 bridgehead atoms. The monoisotopic (exact) mass is 678 g/mol. The average molecular weight is 673 g/mol. The van der Waals surface area contributed by atoms with Crippen LogP contribution in [0.5, 0.6) is 0 Å². The topological polar surface area (TPSA) is 61.8 Å². The van der Waals surface area contributed by atoms with Gasteiger partial charge in [0.1, 0.15) is 0 Å². The molecular formula is C21H12N3O2SeTe2. The second-order valence-electron chi connectivity index (χ2n) is 6.28. The summed E-state index contributed by atoms with van der Waals surface area (Å²) in [5.41, 5.74) is 2.62. The first kappa shape index (κ1) is 19.3. The second kappa shape index (κ2) is 7.89. The number of amides is 2. The van der Waals surface area contributed by atoms with E-state index >= 15 is 0 Å². The summed E-state index contributed by atoms with van der Waals surface area (Å²) in [5, 5.41) is 2.56. The minimum atomic E-state index is -0.762. The fourth-order valence-electron chi connectivity index (χ4n) is 3.19. The number of hydrogen-bond acceptors (Lipinski definition) is 3. The van der Waals surface area contributed by atoms with Crippen LogP contribution in [0.15, 0.2) is 71.2 Å². The fraction of sp³-hybridized carbons (Fsp3) is 0. The molecule has 8 heteroatoms. The molecule has 0 unspecified atom stereocenters. The molecule has 0 saturated carbocycles. The molecule has 29 heavy (non-hydrogen) atoms. The van der Waals surface area contributed by atoms with Crippen LogP contribution in [0.25, 0.3) is 6.08 Å². The van der Waals surface area contributed by atoms with Crippen molar-refractivity contribution in [3.8, 4) is 0 Å². The summed E-state index contributed by atoms with van der Waals surface area (Å²) < 4.78 is 5.38. The second-order valence-corrected chi connectivity index (χ2v) is 13.3. The molecule has 0 aliphatic carbocycles. The SMILES string of the molecule is O=C1N=C([Se])NC(=O)/C1=C\c1ccc(N2c3ccccc3[Te]c3ccccc32)[te]1. The van der Waals surface area contributed by atoms with Crippen LogP contribution >= 0.6 is 0 Å². The van der Waals surface area contributed by atoms with E-state index in [1.807, 2.05) is 6.07 Å². The normalized spacial score (nSPS) is 16.9. The van der Waals surface area contributed by atoms with E-state index in [0.29, 0.717) is 0 Å². The van der Waals surface area contributed by atoms with Crippen LogP contribution in [-0.2, 0) is 9.59 Å². The molecule has 0 saturated heterocycles. The van der Waals surface area contributed by atoms with Gasteiger partial charge in [0, 0.05) is 0 Å². The van der Waals surface area contributed by atoms with E-state index in [4.69, 9.17) is 0 Å². The number of para-hydroxylation sites is 2. The van der Waals surface area contributed by atoms with Crippen molar-refractivity contribution in [1.29, 1.82) is 0 Å². The number of anilines is 3. The third kappa shape index (κ3) is 3.66. The quantitative estimate of drug-likeness (QED) is 0.195.